The second kappa shape index (κ2) is 8.53. The van der Waals surface area contributed by atoms with Gasteiger partial charge in [0.1, 0.15) is 0 Å². The second-order valence-electron chi connectivity index (χ2n) is 6.86. The van der Waals surface area contributed by atoms with Gasteiger partial charge < -0.3 is 0 Å². The van der Waals surface area contributed by atoms with Crippen LogP contribution in [0, 0.1) is 0 Å². The van der Waals surface area contributed by atoms with E-state index in [9.17, 15) is 8.42 Å². The van der Waals surface area contributed by atoms with Crippen LogP contribution in [-0.2, 0) is 22.2 Å². The van der Waals surface area contributed by atoms with Crippen molar-refractivity contribution >= 4 is 21.6 Å². The van der Waals surface area contributed by atoms with Crippen molar-refractivity contribution in [3.8, 4) is 0 Å². The summed E-state index contributed by atoms with van der Waals surface area (Å²) in [7, 11) is -3.29. The molecule has 2 aromatic rings. The zero-order chi connectivity index (χ0) is 18.6. The predicted molar refractivity (Wildman–Crippen MR) is 107 cm³/mol. The monoisotopic (exact) mass is 392 g/mol. The third kappa shape index (κ3) is 5.07. The van der Waals surface area contributed by atoms with E-state index >= 15 is 0 Å². The summed E-state index contributed by atoms with van der Waals surface area (Å²) in [6, 6.07) is 17.8. The summed E-state index contributed by atoms with van der Waals surface area (Å²) in [5.41, 5.74) is 2.09. The molecule has 0 radical (unpaired) electrons. The Balaban J connectivity index is 1.54. The van der Waals surface area contributed by atoms with E-state index in [0.717, 1.165) is 25.1 Å². The summed E-state index contributed by atoms with van der Waals surface area (Å²) < 4.78 is 27.0. The van der Waals surface area contributed by atoms with E-state index < -0.39 is 10.0 Å². The van der Waals surface area contributed by atoms with Crippen LogP contribution in [0.3, 0.4) is 0 Å². The van der Waals surface area contributed by atoms with Crippen LogP contribution in [0.15, 0.2) is 54.6 Å². The van der Waals surface area contributed by atoms with Crippen molar-refractivity contribution in [3.63, 3.8) is 0 Å². The topological polar surface area (TPSA) is 40.6 Å². The van der Waals surface area contributed by atoms with Crippen LogP contribution in [0.4, 0.5) is 0 Å². The molecule has 0 amide bonds. The molecule has 1 unspecified atom stereocenters. The molecule has 0 aliphatic carbocycles. The van der Waals surface area contributed by atoms with Crippen molar-refractivity contribution in [2.24, 2.45) is 0 Å². The van der Waals surface area contributed by atoms with Crippen LogP contribution in [0.2, 0.25) is 5.02 Å². The molecule has 4 nitrogen and oxygen atoms in total. The fraction of sp³-hybridized carbons (Fsp3) is 0.400. The zero-order valence-electron chi connectivity index (χ0n) is 15.0. The maximum atomic E-state index is 12.7. The van der Waals surface area contributed by atoms with Crippen molar-refractivity contribution in [1.82, 2.24) is 9.21 Å². The van der Waals surface area contributed by atoms with Gasteiger partial charge in [-0.25, -0.2) is 8.42 Å². The van der Waals surface area contributed by atoms with Crippen molar-refractivity contribution in [2.45, 2.75) is 25.1 Å². The Morgan fingerprint density at radius 1 is 0.923 bits per heavy atom. The average molecular weight is 393 g/mol. The SMILES string of the molecule is CC(Cc1ccccc1)N1CCN(S(=O)(=O)Cc2ccc(Cl)cc2)CC1. The van der Waals surface area contributed by atoms with E-state index in [1.54, 1.807) is 28.6 Å². The maximum absolute atomic E-state index is 12.7. The van der Waals surface area contributed by atoms with Gasteiger partial charge in [0.05, 0.1) is 5.75 Å². The smallest absolute Gasteiger partial charge is 0.218 e. The first-order chi connectivity index (χ1) is 12.4. The summed E-state index contributed by atoms with van der Waals surface area (Å²) in [5.74, 6) is 0.0315. The van der Waals surface area contributed by atoms with Crippen LogP contribution >= 0.6 is 11.6 Å². The predicted octanol–water partition coefficient (Wildman–Crippen LogP) is 3.42. The molecular weight excluding hydrogens is 368 g/mol. The molecule has 1 fully saturated rings. The molecule has 3 rings (SSSR count). The van der Waals surface area contributed by atoms with E-state index in [1.165, 1.54) is 5.56 Å². The molecule has 0 aromatic heterocycles. The fourth-order valence-electron chi connectivity index (χ4n) is 3.39. The Labute approximate surface area is 161 Å². The standard InChI is InChI=1S/C20H25ClN2O2S/c1-17(15-18-5-3-2-4-6-18)22-11-13-23(14-12-22)26(24,25)16-19-7-9-20(21)10-8-19/h2-10,17H,11-16H2,1H3. The molecule has 6 heteroatoms. The Kier molecular flexibility index (Phi) is 6.35. The number of nitrogens with zero attached hydrogens (tertiary/aromatic N) is 2. The minimum absolute atomic E-state index is 0.0315. The van der Waals surface area contributed by atoms with Gasteiger partial charge in [0, 0.05) is 37.2 Å². The number of sulfonamides is 1. The van der Waals surface area contributed by atoms with Gasteiger partial charge in [-0.15, -0.1) is 0 Å². The van der Waals surface area contributed by atoms with Gasteiger partial charge in [-0.3, -0.25) is 4.90 Å². The normalized spacial score (nSPS) is 17.9. The molecule has 1 aliphatic rings. The lowest BCUT2D eigenvalue weighted by atomic mass is 10.1. The minimum atomic E-state index is -3.29. The zero-order valence-corrected chi connectivity index (χ0v) is 16.6. The van der Waals surface area contributed by atoms with E-state index in [-0.39, 0.29) is 5.75 Å². The Hall–Kier alpha value is -1.40. The third-order valence-electron chi connectivity index (χ3n) is 4.93. The largest absolute Gasteiger partial charge is 0.298 e. The molecule has 0 N–H and O–H groups in total. The average Bonchev–Trinajstić information content (AvgIpc) is 2.64. The van der Waals surface area contributed by atoms with Crippen molar-refractivity contribution < 1.29 is 8.42 Å². The first kappa shape index (κ1) is 19.4. The van der Waals surface area contributed by atoms with Crippen LogP contribution in [-0.4, -0.2) is 49.8 Å². The molecule has 0 spiro atoms. The highest BCUT2D eigenvalue weighted by molar-refractivity contribution is 7.88. The molecule has 1 atom stereocenters. The summed E-state index contributed by atoms with van der Waals surface area (Å²) in [6.07, 6.45) is 0.984. The van der Waals surface area contributed by atoms with Gasteiger partial charge in [0.25, 0.3) is 0 Å². The highest BCUT2D eigenvalue weighted by Crippen LogP contribution is 2.18. The molecule has 1 aliphatic heterocycles. The number of rotatable bonds is 6. The van der Waals surface area contributed by atoms with Crippen LogP contribution < -0.4 is 0 Å². The summed E-state index contributed by atoms with van der Waals surface area (Å²) in [4.78, 5) is 2.38. The summed E-state index contributed by atoms with van der Waals surface area (Å²) in [5, 5.41) is 0.618. The lowest BCUT2D eigenvalue weighted by molar-refractivity contribution is 0.145. The minimum Gasteiger partial charge on any atom is -0.298 e. The Morgan fingerprint density at radius 2 is 1.54 bits per heavy atom. The van der Waals surface area contributed by atoms with Crippen molar-refractivity contribution in [1.29, 1.82) is 0 Å². The van der Waals surface area contributed by atoms with E-state index in [4.69, 9.17) is 11.6 Å². The van der Waals surface area contributed by atoms with Crippen LogP contribution in [0.25, 0.3) is 0 Å². The van der Waals surface area contributed by atoms with E-state index in [2.05, 4.69) is 36.1 Å². The lowest BCUT2D eigenvalue weighted by Crippen LogP contribution is -2.51. The number of hydrogen-bond donors (Lipinski definition) is 0. The first-order valence-corrected chi connectivity index (χ1v) is 10.9. The second-order valence-corrected chi connectivity index (χ2v) is 9.26. The lowest BCUT2D eigenvalue weighted by Gasteiger charge is -2.37. The number of piperazine rings is 1. The van der Waals surface area contributed by atoms with Gasteiger partial charge in [-0.1, -0.05) is 54.1 Å². The fourth-order valence-corrected chi connectivity index (χ4v) is 5.03. The molecule has 0 saturated carbocycles. The van der Waals surface area contributed by atoms with Crippen LogP contribution in [0.1, 0.15) is 18.1 Å². The maximum Gasteiger partial charge on any atom is 0.218 e. The van der Waals surface area contributed by atoms with E-state index in [0.29, 0.717) is 24.2 Å². The first-order valence-electron chi connectivity index (χ1n) is 8.94. The molecule has 1 saturated heterocycles. The van der Waals surface area contributed by atoms with Crippen molar-refractivity contribution in [2.75, 3.05) is 26.2 Å². The molecular formula is C20H25ClN2O2S. The van der Waals surface area contributed by atoms with Gasteiger partial charge in [-0.2, -0.15) is 4.31 Å². The third-order valence-corrected chi connectivity index (χ3v) is 7.03. The molecule has 2 aromatic carbocycles. The number of halogens is 1. The van der Waals surface area contributed by atoms with Gasteiger partial charge >= 0.3 is 0 Å². The molecule has 1 heterocycles. The quantitative estimate of drug-likeness (QED) is 0.756. The Morgan fingerprint density at radius 3 is 2.15 bits per heavy atom. The highest BCUT2D eigenvalue weighted by Gasteiger charge is 2.28. The highest BCUT2D eigenvalue weighted by atomic mass is 35.5. The van der Waals surface area contributed by atoms with Gasteiger partial charge in [0.2, 0.25) is 10.0 Å². The van der Waals surface area contributed by atoms with Crippen molar-refractivity contribution in [3.05, 3.63) is 70.7 Å². The summed E-state index contributed by atoms with van der Waals surface area (Å²) in [6.45, 7) is 4.86. The number of benzene rings is 2. The molecule has 140 valence electrons. The van der Waals surface area contributed by atoms with Gasteiger partial charge in [-0.05, 0) is 36.6 Å². The summed E-state index contributed by atoms with van der Waals surface area (Å²) >= 11 is 5.87. The number of hydrogen-bond acceptors (Lipinski definition) is 3. The van der Waals surface area contributed by atoms with E-state index in [1.807, 2.05) is 6.07 Å². The Bertz CT molecular complexity index is 801. The molecule has 26 heavy (non-hydrogen) atoms. The molecule has 0 bridgehead atoms. The van der Waals surface area contributed by atoms with Crippen LogP contribution in [0.5, 0.6) is 0 Å². The van der Waals surface area contributed by atoms with Gasteiger partial charge in [0.15, 0.2) is 0 Å².